The summed E-state index contributed by atoms with van der Waals surface area (Å²) in [6.45, 7) is 0.659. The molecule has 2 rings (SSSR count). The summed E-state index contributed by atoms with van der Waals surface area (Å²) < 4.78 is 73.8. The lowest BCUT2D eigenvalue weighted by atomic mass is 9.86. The first kappa shape index (κ1) is 17.9. The van der Waals surface area contributed by atoms with E-state index in [2.05, 4.69) is 11.6 Å². The van der Waals surface area contributed by atoms with Gasteiger partial charge >= 0.3 is 6.18 Å². The van der Waals surface area contributed by atoms with E-state index in [9.17, 15) is 21.6 Å². The van der Waals surface area contributed by atoms with E-state index in [-0.39, 0.29) is 13.2 Å². The van der Waals surface area contributed by atoms with E-state index in [1.54, 1.807) is 0 Å². The summed E-state index contributed by atoms with van der Waals surface area (Å²) in [7, 11) is -4.21. The molecule has 1 saturated carbocycles. The molecule has 1 aliphatic carbocycles. The van der Waals surface area contributed by atoms with Gasteiger partial charge in [-0.25, -0.2) is 0 Å². The van der Waals surface area contributed by atoms with E-state index in [4.69, 9.17) is 9.47 Å². The fourth-order valence-electron chi connectivity index (χ4n) is 2.61. The number of hydrogen-bond donors (Lipinski definition) is 2. The van der Waals surface area contributed by atoms with Crippen LogP contribution in [-0.4, -0.2) is 46.2 Å². The zero-order chi connectivity index (χ0) is 16.4. The third kappa shape index (κ3) is 5.34. The third-order valence-electron chi connectivity index (χ3n) is 3.91. The van der Waals surface area contributed by atoms with Gasteiger partial charge < -0.3 is 9.47 Å². The summed E-state index contributed by atoms with van der Waals surface area (Å²) in [4.78, 5) is 0. The van der Waals surface area contributed by atoms with Gasteiger partial charge in [0.2, 0.25) is 0 Å². The van der Waals surface area contributed by atoms with E-state index in [1.165, 1.54) is 4.72 Å². The van der Waals surface area contributed by atoms with Crippen molar-refractivity contribution in [2.45, 2.75) is 50.7 Å². The predicted molar refractivity (Wildman–Crippen MR) is 72.2 cm³/mol. The first-order valence-corrected chi connectivity index (χ1v) is 8.70. The van der Waals surface area contributed by atoms with Gasteiger partial charge in [-0.2, -0.15) is 31.0 Å². The molecule has 1 heterocycles. The van der Waals surface area contributed by atoms with Crippen LogP contribution in [0.15, 0.2) is 0 Å². The first-order valence-electron chi connectivity index (χ1n) is 7.22. The lowest BCUT2D eigenvalue weighted by Crippen LogP contribution is -2.44. The molecule has 0 aromatic heterocycles. The minimum absolute atomic E-state index is 0.121. The summed E-state index contributed by atoms with van der Waals surface area (Å²) in [5, 5.41) is 0. The molecule has 0 amide bonds. The largest absolute Gasteiger partial charge is 0.402 e. The second-order valence-electron chi connectivity index (χ2n) is 5.93. The molecule has 1 aliphatic heterocycles. The van der Waals surface area contributed by atoms with Gasteiger partial charge in [-0.1, -0.05) is 6.92 Å². The monoisotopic (exact) mass is 346 g/mol. The van der Waals surface area contributed by atoms with Gasteiger partial charge in [0.1, 0.15) is 6.54 Å². The molecule has 0 radical (unpaired) electrons. The van der Waals surface area contributed by atoms with E-state index in [0.29, 0.717) is 5.92 Å². The molecule has 10 heteroatoms. The molecule has 1 atom stereocenters. The highest BCUT2D eigenvalue weighted by Gasteiger charge is 2.43. The summed E-state index contributed by atoms with van der Waals surface area (Å²) in [5.41, 5.74) is 0. The maximum absolute atomic E-state index is 12.0. The zero-order valence-electron chi connectivity index (χ0n) is 12.3. The molecule has 0 aromatic rings. The molecular formula is C12H21F3N2O4S. The highest BCUT2D eigenvalue weighted by Crippen LogP contribution is 2.39. The Morgan fingerprint density at radius 1 is 1.23 bits per heavy atom. The number of alkyl halides is 3. The Labute approximate surface area is 127 Å². The fourth-order valence-corrected chi connectivity index (χ4v) is 3.47. The Morgan fingerprint density at radius 2 is 1.86 bits per heavy atom. The minimum Gasteiger partial charge on any atom is -0.347 e. The van der Waals surface area contributed by atoms with E-state index in [0.717, 1.165) is 25.7 Å². The summed E-state index contributed by atoms with van der Waals surface area (Å²) in [5.74, 6) is -0.0379. The zero-order valence-corrected chi connectivity index (χ0v) is 13.1. The number of nitrogens with one attached hydrogen (secondary N) is 2. The number of hydrogen-bond acceptors (Lipinski definition) is 4. The highest BCUT2D eigenvalue weighted by atomic mass is 32.2. The molecule has 0 bridgehead atoms. The van der Waals surface area contributed by atoms with E-state index >= 15 is 0 Å². The molecule has 2 fully saturated rings. The number of ether oxygens (including phenoxy) is 2. The molecule has 6 nitrogen and oxygen atoms in total. The standard InChI is InChI=1S/C12H21F3N2O4S/c1-9-2-4-11(5-3-9)20-7-10(21-11)6-16-22(18,19)17-8-12(13,14)15/h9-10,16-17H,2-8H2,1H3. The quantitative estimate of drug-likeness (QED) is 0.787. The van der Waals surface area contributed by atoms with Gasteiger partial charge in [0.05, 0.1) is 12.7 Å². The van der Waals surface area contributed by atoms with Gasteiger partial charge in [0.25, 0.3) is 10.2 Å². The van der Waals surface area contributed by atoms with Crippen molar-refractivity contribution in [2.24, 2.45) is 5.92 Å². The maximum atomic E-state index is 12.0. The van der Waals surface area contributed by atoms with E-state index in [1.807, 2.05) is 0 Å². The van der Waals surface area contributed by atoms with Crippen molar-refractivity contribution in [2.75, 3.05) is 19.7 Å². The van der Waals surface area contributed by atoms with Crippen LogP contribution >= 0.6 is 0 Å². The van der Waals surface area contributed by atoms with E-state index < -0.39 is 34.8 Å². The summed E-state index contributed by atoms with van der Waals surface area (Å²) in [6.07, 6.45) is -1.62. The third-order valence-corrected chi connectivity index (χ3v) is 4.98. The summed E-state index contributed by atoms with van der Waals surface area (Å²) >= 11 is 0. The average Bonchev–Trinajstić information content (AvgIpc) is 2.81. The fraction of sp³-hybridized carbons (Fsp3) is 1.00. The minimum atomic E-state index is -4.59. The van der Waals surface area contributed by atoms with Gasteiger partial charge in [-0.15, -0.1) is 0 Å². The summed E-state index contributed by atoms with van der Waals surface area (Å²) in [6, 6.07) is 0. The van der Waals surface area contributed by atoms with Crippen molar-refractivity contribution >= 4 is 10.2 Å². The Balaban J connectivity index is 1.76. The molecule has 1 unspecified atom stereocenters. The molecule has 22 heavy (non-hydrogen) atoms. The smallest absolute Gasteiger partial charge is 0.347 e. The molecular weight excluding hydrogens is 325 g/mol. The van der Waals surface area contributed by atoms with Crippen molar-refractivity contribution in [3.63, 3.8) is 0 Å². The van der Waals surface area contributed by atoms with Crippen molar-refractivity contribution in [3.05, 3.63) is 0 Å². The Kier molecular flexibility index (Phi) is 5.38. The highest BCUT2D eigenvalue weighted by molar-refractivity contribution is 7.87. The predicted octanol–water partition coefficient (Wildman–Crippen LogP) is 1.29. The molecule has 1 saturated heterocycles. The van der Waals surface area contributed by atoms with Gasteiger partial charge in [-0.05, 0) is 18.8 Å². The number of rotatable bonds is 5. The van der Waals surface area contributed by atoms with Crippen LogP contribution in [0.25, 0.3) is 0 Å². The first-order chi connectivity index (χ1) is 10.1. The van der Waals surface area contributed by atoms with Crippen LogP contribution in [0, 0.1) is 5.92 Å². The molecule has 0 aromatic carbocycles. The van der Waals surface area contributed by atoms with Gasteiger partial charge in [-0.3, -0.25) is 0 Å². The number of halogens is 3. The van der Waals surface area contributed by atoms with Crippen LogP contribution in [0.4, 0.5) is 13.2 Å². The molecule has 1 spiro atoms. The van der Waals surface area contributed by atoms with Crippen molar-refractivity contribution in [3.8, 4) is 0 Å². The SMILES string of the molecule is CC1CCC2(CC1)OCC(CNS(=O)(=O)NCC(F)(F)F)O2. The normalized spacial score (nSPS) is 33.5. The van der Waals surface area contributed by atoms with Crippen LogP contribution in [0.3, 0.4) is 0 Å². The Bertz CT molecular complexity index is 475. The Hall–Kier alpha value is -0.420. The van der Waals surface area contributed by atoms with Crippen LogP contribution in [0.1, 0.15) is 32.6 Å². The second-order valence-corrected chi connectivity index (χ2v) is 7.52. The van der Waals surface area contributed by atoms with Crippen LogP contribution in [-0.2, 0) is 19.7 Å². The lowest BCUT2D eigenvalue weighted by molar-refractivity contribution is -0.191. The topological polar surface area (TPSA) is 76.7 Å². The maximum Gasteiger partial charge on any atom is 0.402 e. The second kappa shape index (κ2) is 6.60. The van der Waals surface area contributed by atoms with Gasteiger partial charge in [0.15, 0.2) is 5.79 Å². The Morgan fingerprint density at radius 3 is 2.45 bits per heavy atom. The van der Waals surface area contributed by atoms with Crippen LogP contribution < -0.4 is 9.44 Å². The molecule has 2 N–H and O–H groups in total. The van der Waals surface area contributed by atoms with Crippen LogP contribution in [0.5, 0.6) is 0 Å². The van der Waals surface area contributed by atoms with Crippen LogP contribution in [0.2, 0.25) is 0 Å². The van der Waals surface area contributed by atoms with Crippen molar-refractivity contribution < 1.29 is 31.1 Å². The average molecular weight is 346 g/mol. The van der Waals surface area contributed by atoms with Gasteiger partial charge in [0, 0.05) is 19.4 Å². The molecule has 2 aliphatic rings. The van der Waals surface area contributed by atoms with Crippen molar-refractivity contribution in [1.82, 2.24) is 9.44 Å². The molecule has 130 valence electrons. The van der Waals surface area contributed by atoms with Crippen molar-refractivity contribution in [1.29, 1.82) is 0 Å². The lowest BCUT2D eigenvalue weighted by Gasteiger charge is -2.34.